The number of hydrogen-bond donors (Lipinski definition) is 2. The predicted molar refractivity (Wildman–Crippen MR) is 94.4 cm³/mol. The molecule has 6 heteroatoms. The van der Waals surface area contributed by atoms with Gasteiger partial charge in [0, 0.05) is 44.4 Å². The van der Waals surface area contributed by atoms with E-state index in [9.17, 15) is 9.90 Å². The first-order valence-corrected chi connectivity index (χ1v) is 8.10. The Morgan fingerprint density at radius 3 is 2.71 bits per heavy atom. The lowest BCUT2D eigenvalue weighted by Crippen LogP contribution is -2.46. The normalized spacial score (nSPS) is 15.4. The van der Waals surface area contributed by atoms with Crippen LogP contribution < -0.4 is 10.5 Å². The fourth-order valence-corrected chi connectivity index (χ4v) is 3.00. The number of hydrogen-bond acceptors (Lipinski definition) is 5. The summed E-state index contributed by atoms with van der Waals surface area (Å²) in [6.07, 6.45) is 3.90. The van der Waals surface area contributed by atoms with Gasteiger partial charge in [-0.25, -0.2) is 4.98 Å². The van der Waals surface area contributed by atoms with Gasteiger partial charge in [0.25, 0.3) is 5.56 Å². The Bertz CT molecular complexity index is 764. The zero-order valence-corrected chi connectivity index (χ0v) is 13.6. The van der Waals surface area contributed by atoms with Gasteiger partial charge in [-0.15, -0.1) is 6.58 Å². The lowest BCUT2D eigenvalue weighted by molar-refractivity contribution is 0.246. The minimum atomic E-state index is -0.133. The van der Waals surface area contributed by atoms with Gasteiger partial charge in [-0.05, 0) is 12.0 Å². The maximum Gasteiger partial charge on any atom is 0.252 e. The van der Waals surface area contributed by atoms with Crippen molar-refractivity contribution in [1.29, 1.82) is 0 Å². The highest BCUT2D eigenvalue weighted by molar-refractivity contribution is 5.41. The summed E-state index contributed by atoms with van der Waals surface area (Å²) in [6.45, 7) is 7.78. The number of piperazine rings is 1. The summed E-state index contributed by atoms with van der Waals surface area (Å²) in [6, 6.07) is 7.40. The summed E-state index contributed by atoms with van der Waals surface area (Å²) in [5, 5.41) is 10.4. The van der Waals surface area contributed by atoms with Gasteiger partial charge in [0.15, 0.2) is 0 Å². The molecule has 126 valence electrons. The summed E-state index contributed by atoms with van der Waals surface area (Å²) in [5.74, 6) is 1.09. The molecule has 1 fully saturated rings. The van der Waals surface area contributed by atoms with Crippen LogP contribution in [-0.2, 0) is 13.0 Å². The molecular weight excluding hydrogens is 304 g/mol. The molecule has 0 bridgehead atoms. The molecule has 1 aliphatic heterocycles. The van der Waals surface area contributed by atoms with Crippen molar-refractivity contribution < 1.29 is 5.11 Å². The maximum atomic E-state index is 11.4. The molecule has 0 amide bonds. The number of benzene rings is 1. The molecule has 2 N–H and O–H groups in total. The number of aromatic hydroxyl groups is 1. The topological polar surface area (TPSA) is 72.5 Å². The summed E-state index contributed by atoms with van der Waals surface area (Å²) in [4.78, 5) is 22.6. The van der Waals surface area contributed by atoms with Crippen molar-refractivity contribution in [3.05, 3.63) is 64.7 Å². The van der Waals surface area contributed by atoms with Crippen LogP contribution in [0.2, 0.25) is 0 Å². The SMILES string of the molecule is C=CCc1cccc(CN2CCN(c3cc(=O)[nH]cn3)CC2)c1O. The molecule has 3 rings (SSSR count). The van der Waals surface area contributed by atoms with E-state index in [0.717, 1.165) is 37.3 Å². The van der Waals surface area contributed by atoms with E-state index in [1.54, 1.807) is 6.08 Å². The summed E-state index contributed by atoms with van der Waals surface area (Å²) in [7, 11) is 0. The summed E-state index contributed by atoms with van der Waals surface area (Å²) >= 11 is 0. The molecule has 6 nitrogen and oxygen atoms in total. The van der Waals surface area contributed by atoms with Gasteiger partial charge in [-0.2, -0.15) is 0 Å². The van der Waals surface area contributed by atoms with Crippen LogP contribution in [0.25, 0.3) is 0 Å². The predicted octanol–water partition coefficient (Wildman–Crippen LogP) is 1.53. The molecule has 1 aromatic carbocycles. The number of nitrogens with zero attached hydrogens (tertiary/aromatic N) is 3. The maximum absolute atomic E-state index is 11.4. The molecule has 1 aromatic heterocycles. The van der Waals surface area contributed by atoms with Crippen LogP contribution in [-0.4, -0.2) is 46.2 Å². The highest BCUT2D eigenvalue weighted by Crippen LogP contribution is 2.25. The third-order valence-electron chi connectivity index (χ3n) is 4.32. The Balaban J connectivity index is 1.62. The number of phenolic OH excluding ortho intramolecular Hbond substituents is 1. The minimum Gasteiger partial charge on any atom is -0.507 e. The standard InChI is InChI=1S/C18H22N4O2/c1-2-4-14-5-3-6-15(18(14)24)12-21-7-9-22(10-8-21)16-11-17(23)20-13-19-16/h2-3,5-6,11,13,24H,1,4,7-10,12H2,(H,19,20,23). The molecule has 0 spiro atoms. The van der Waals surface area contributed by atoms with E-state index in [1.807, 2.05) is 18.2 Å². The van der Waals surface area contributed by atoms with E-state index in [-0.39, 0.29) is 5.56 Å². The number of anilines is 1. The Kier molecular flexibility index (Phi) is 4.96. The fraction of sp³-hybridized carbons (Fsp3) is 0.333. The molecule has 1 aliphatic rings. The van der Waals surface area contributed by atoms with Crippen LogP contribution in [0.1, 0.15) is 11.1 Å². The quantitative estimate of drug-likeness (QED) is 0.815. The molecule has 0 radical (unpaired) electrons. The van der Waals surface area contributed by atoms with Gasteiger partial charge >= 0.3 is 0 Å². The Labute approximate surface area is 141 Å². The lowest BCUT2D eigenvalue weighted by Gasteiger charge is -2.35. The third-order valence-corrected chi connectivity index (χ3v) is 4.32. The number of para-hydroxylation sites is 1. The monoisotopic (exact) mass is 326 g/mol. The second kappa shape index (κ2) is 7.31. The van der Waals surface area contributed by atoms with Crippen molar-refractivity contribution in [2.45, 2.75) is 13.0 Å². The molecule has 24 heavy (non-hydrogen) atoms. The average Bonchev–Trinajstić information content (AvgIpc) is 2.59. The molecule has 1 saturated heterocycles. The molecule has 0 atom stereocenters. The fourth-order valence-electron chi connectivity index (χ4n) is 3.00. The first-order valence-electron chi connectivity index (χ1n) is 8.10. The molecule has 0 aliphatic carbocycles. The van der Waals surface area contributed by atoms with Crippen molar-refractivity contribution in [1.82, 2.24) is 14.9 Å². The highest BCUT2D eigenvalue weighted by Gasteiger charge is 2.19. The highest BCUT2D eigenvalue weighted by atomic mass is 16.3. The van der Waals surface area contributed by atoms with Gasteiger partial charge in [-0.1, -0.05) is 24.3 Å². The Morgan fingerprint density at radius 1 is 1.25 bits per heavy atom. The number of rotatable bonds is 5. The minimum absolute atomic E-state index is 0.133. The molecule has 2 heterocycles. The van der Waals surface area contributed by atoms with E-state index in [4.69, 9.17) is 0 Å². The van der Waals surface area contributed by atoms with Gasteiger partial charge < -0.3 is 15.0 Å². The van der Waals surface area contributed by atoms with Crippen molar-refractivity contribution >= 4 is 5.82 Å². The summed E-state index contributed by atoms with van der Waals surface area (Å²) < 4.78 is 0. The van der Waals surface area contributed by atoms with Crippen LogP contribution in [0.15, 0.2) is 48.0 Å². The number of aromatic nitrogens is 2. The molecule has 0 unspecified atom stereocenters. The van der Waals surface area contributed by atoms with Crippen molar-refractivity contribution in [2.24, 2.45) is 0 Å². The number of phenols is 1. The van der Waals surface area contributed by atoms with Gasteiger partial charge in [-0.3, -0.25) is 9.69 Å². The van der Waals surface area contributed by atoms with E-state index in [1.165, 1.54) is 12.4 Å². The Morgan fingerprint density at radius 2 is 2.00 bits per heavy atom. The zero-order chi connectivity index (χ0) is 16.9. The molecular formula is C18H22N4O2. The van der Waals surface area contributed by atoms with E-state index in [0.29, 0.717) is 24.5 Å². The second-order valence-corrected chi connectivity index (χ2v) is 5.95. The number of aromatic amines is 1. The van der Waals surface area contributed by atoms with Crippen LogP contribution in [0.5, 0.6) is 5.75 Å². The first kappa shape index (κ1) is 16.3. The third kappa shape index (κ3) is 3.65. The largest absolute Gasteiger partial charge is 0.507 e. The van der Waals surface area contributed by atoms with Gasteiger partial charge in [0.05, 0.1) is 6.33 Å². The van der Waals surface area contributed by atoms with Crippen LogP contribution in [0.3, 0.4) is 0 Å². The number of H-pyrrole nitrogens is 1. The van der Waals surface area contributed by atoms with Crippen LogP contribution >= 0.6 is 0 Å². The number of allylic oxidation sites excluding steroid dienone is 1. The van der Waals surface area contributed by atoms with Gasteiger partial charge in [0.1, 0.15) is 11.6 Å². The second-order valence-electron chi connectivity index (χ2n) is 5.95. The first-order chi connectivity index (χ1) is 11.7. The van der Waals surface area contributed by atoms with Crippen molar-refractivity contribution in [2.75, 3.05) is 31.1 Å². The average molecular weight is 326 g/mol. The van der Waals surface area contributed by atoms with E-state index >= 15 is 0 Å². The molecule has 0 saturated carbocycles. The smallest absolute Gasteiger partial charge is 0.252 e. The molecule has 2 aromatic rings. The zero-order valence-electron chi connectivity index (χ0n) is 13.6. The van der Waals surface area contributed by atoms with Crippen LogP contribution in [0.4, 0.5) is 5.82 Å². The van der Waals surface area contributed by atoms with Gasteiger partial charge in [0.2, 0.25) is 0 Å². The van der Waals surface area contributed by atoms with Crippen LogP contribution in [0, 0.1) is 0 Å². The van der Waals surface area contributed by atoms with E-state index in [2.05, 4.69) is 26.3 Å². The number of nitrogens with one attached hydrogen (secondary N) is 1. The Hall–Kier alpha value is -2.60. The summed E-state index contributed by atoms with van der Waals surface area (Å²) in [5.41, 5.74) is 1.72. The van der Waals surface area contributed by atoms with E-state index < -0.39 is 0 Å². The lowest BCUT2D eigenvalue weighted by atomic mass is 10.1. The van der Waals surface area contributed by atoms with Crippen molar-refractivity contribution in [3.63, 3.8) is 0 Å². The van der Waals surface area contributed by atoms with Crippen molar-refractivity contribution in [3.8, 4) is 5.75 Å².